The zero-order chi connectivity index (χ0) is 25.6. The van der Waals surface area contributed by atoms with E-state index in [-0.39, 0.29) is 22.3 Å². The van der Waals surface area contributed by atoms with Crippen LogP contribution in [-0.4, -0.2) is 16.4 Å². The summed E-state index contributed by atoms with van der Waals surface area (Å²) in [5, 5.41) is 1.04. The van der Waals surface area contributed by atoms with E-state index in [0.29, 0.717) is 22.0 Å². The van der Waals surface area contributed by atoms with Gasteiger partial charge in [0, 0.05) is 10.8 Å². The molecule has 0 fully saturated rings. The predicted octanol–water partition coefficient (Wildman–Crippen LogP) is 7.63. The normalized spacial score (nSPS) is 13.2. The number of imide groups is 1. The third-order valence-corrected chi connectivity index (χ3v) is 6.15. The van der Waals surface area contributed by atoms with Crippen molar-refractivity contribution in [2.24, 2.45) is 0 Å². The first-order chi connectivity index (χ1) is 17.4. The molecule has 0 bridgehead atoms. The Morgan fingerprint density at radius 1 is 0.667 bits per heavy atom. The van der Waals surface area contributed by atoms with Gasteiger partial charge in [0.1, 0.15) is 0 Å². The van der Waals surface area contributed by atoms with Crippen LogP contribution in [0.3, 0.4) is 0 Å². The van der Waals surface area contributed by atoms with Gasteiger partial charge < -0.3 is 4.57 Å². The van der Waals surface area contributed by atoms with Crippen LogP contribution >= 0.6 is 0 Å². The lowest BCUT2D eigenvalue weighted by molar-refractivity contribution is -0.136. The van der Waals surface area contributed by atoms with Gasteiger partial charge in [-0.3, -0.25) is 9.59 Å². The molecule has 180 valence electrons. The minimum atomic E-state index is -4.61. The minimum Gasteiger partial charge on any atom is -0.308 e. The molecule has 0 aliphatic carbocycles. The molecule has 0 saturated carbocycles. The van der Waals surface area contributed by atoms with E-state index in [1.165, 1.54) is 16.7 Å². The number of fused-ring (bicyclic) bond motifs is 4. The smallest absolute Gasteiger partial charge is 0.308 e. The van der Waals surface area contributed by atoms with Crippen molar-refractivity contribution in [2.45, 2.75) is 20.0 Å². The summed E-state index contributed by atoms with van der Waals surface area (Å²) in [5.41, 5.74) is 0.521. The van der Waals surface area contributed by atoms with Crippen molar-refractivity contribution in [1.82, 2.24) is 4.57 Å². The number of hydrogen-bond donors (Lipinski definition) is 0. The Hall–Kier alpha value is -4.39. The second-order valence-corrected chi connectivity index (χ2v) is 8.03. The van der Waals surface area contributed by atoms with Crippen LogP contribution in [0.4, 0.5) is 18.9 Å². The summed E-state index contributed by atoms with van der Waals surface area (Å²) in [7, 11) is 0. The van der Waals surface area contributed by atoms with Gasteiger partial charge in [0.05, 0.1) is 39.1 Å². The zero-order valence-corrected chi connectivity index (χ0v) is 19.5. The van der Waals surface area contributed by atoms with Gasteiger partial charge in [-0.2, -0.15) is 13.2 Å². The second kappa shape index (κ2) is 8.68. The maximum atomic E-state index is 14.1. The maximum Gasteiger partial charge on any atom is 0.418 e. The summed E-state index contributed by atoms with van der Waals surface area (Å²) in [4.78, 5) is 27.8. The molecule has 7 heteroatoms. The third kappa shape index (κ3) is 3.39. The van der Waals surface area contributed by atoms with E-state index in [9.17, 15) is 22.8 Å². The van der Waals surface area contributed by atoms with E-state index in [1.54, 1.807) is 72.8 Å². The standard InChI is InChI=1S/C27H15F3N2O2.C2H6/c28-27(29,30)20-13-6-11-18-17-10-4-5-14-21(17)32(24(18)20)22-15-7-12-19-23(22)26(34)31(25(19)33)16-8-2-1-3-9-16;1-2/h1-15H;1-2H3. The number of alkyl halides is 3. The molecular weight excluding hydrogens is 465 g/mol. The molecule has 2 heterocycles. The predicted molar refractivity (Wildman–Crippen MR) is 135 cm³/mol. The summed E-state index contributed by atoms with van der Waals surface area (Å²) < 4.78 is 43.7. The Morgan fingerprint density at radius 3 is 2.03 bits per heavy atom. The Kier molecular flexibility index (Phi) is 5.63. The number of rotatable bonds is 2. The third-order valence-electron chi connectivity index (χ3n) is 6.15. The first-order valence-electron chi connectivity index (χ1n) is 11.5. The highest BCUT2D eigenvalue weighted by molar-refractivity contribution is 6.35. The van der Waals surface area contributed by atoms with Gasteiger partial charge in [-0.25, -0.2) is 4.90 Å². The molecule has 1 aliphatic rings. The molecule has 1 aliphatic heterocycles. The van der Waals surface area contributed by atoms with Crippen LogP contribution in [0, 0.1) is 0 Å². The minimum absolute atomic E-state index is 0.0528. The van der Waals surface area contributed by atoms with E-state index in [0.717, 1.165) is 11.0 Å². The Bertz CT molecular complexity index is 1640. The lowest BCUT2D eigenvalue weighted by atomic mass is 10.1. The van der Waals surface area contributed by atoms with Gasteiger partial charge in [-0.15, -0.1) is 0 Å². The number of nitrogens with zero attached hydrogens (tertiary/aromatic N) is 2. The topological polar surface area (TPSA) is 42.3 Å². The molecule has 4 nitrogen and oxygen atoms in total. The Labute approximate surface area is 205 Å². The van der Waals surface area contributed by atoms with Crippen molar-refractivity contribution in [3.05, 3.63) is 108 Å². The quantitative estimate of drug-likeness (QED) is 0.241. The van der Waals surface area contributed by atoms with E-state index >= 15 is 0 Å². The fraction of sp³-hybridized carbons (Fsp3) is 0.103. The van der Waals surface area contributed by atoms with Crippen LogP contribution in [0.15, 0.2) is 91.0 Å². The van der Waals surface area contributed by atoms with Gasteiger partial charge in [0.15, 0.2) is 0 Å². The molecule has 1 aromatic heterocycles. The lowest BCUT2D eigenvalue weighted by Crippen LogP contribution is -2.29. The largest absolute Gasteiger partial charge is 0.418 e. The van der Waals surface area contributed by atoms with Crippen LogP contribution in [0.5, 0.6) is 0 Å². The molecule has 0 unspecified atom stereocenters. The van der Waals surface area contributed by atoms with Crippen molar-refractivity contribution in [3.8, 4) is 5.69 Å². The van der Waals surface area contributed by atoms with Crippen molar-refractivity contribution in [2.75, 3.05) is 4.90 Å². The molecule has 6 rings (SSSR count). The molecule has 4 aromatic carbocycles. The van der Waals surface area contributed by atoms with Gasteiger partial charge in [-0.05, 0) is 36.4 Å². The van der Waals surface area contributed by atoms with Crippen LogP contribution < -0.4 is 4.90 Å². The molecule has 2 amide bonds. The summed E-state index contributed by atoms with van der Waals surface area (Å²) in [6, 6.07) is 24.2. The number of hydrogen-bond acceptors (Lipinski definition) is 2. The highest BCUT2D eigenvalue weighted by atomic mass is 19.4. The van der Waals surface area contributed by atoms with Gasteiger partial charge in [0.2, 0.25) is 0 Å². The zero-order valence-electron chi connectivity index (χ0n) is 19.5. The van der Waals surface area contributed by atoms with Crippen molar-refractivity contribution in [3.63, 3.8) is 0 Å². The fourth-order valence-electron chi connectivity index (χ4n) is 4.76. The van der Waals surface area contributed by atoms with Crippen molar-refractivity contribution >= 4 is 39.3 Å². The number of anilines is 1. The number of benzene rings is 4. The first kappa shape index (κ1) is 23.4. The van der Waals surface area contributed by atoms with Crippen LogP contribution in [-0.2, 0) is 6.18 Å². The summed E-state index contributed by atoms with van der Waals surface area (Å²) in [5.74, 6) is -1.08. The fourth-order valence-corrected chi connectivity index (χ4v) is 4.76. The van der Waals surface area contributed by atoms with Crippen molar-refractivity contribution < 1.29 is 22.8 Å². The highest BCUT2D eigenvalue weighted by Gasteiger charge is 2.40. The Balaban J connectivity index is 0.00000130. The monoisotopic (exact) mass is 486 g/mol. The van der Waals surface area contributed by atoms with Gasteiger partial charge >= 0.3 is 6.18 Å². The van der Waals surface area contributed by atoms with Gasteiger partial charge in [-0.1, -0.05) is 68.4 Å². The van der Waals surface area contributed by atoms with E-state index in [1.807, 2.05) is 13.8 Å². The summed E-state index contributed by atoms with van der Waals surface area (Å²) in [6.45, 7) is 4.00. The molecule has 0 atom stereocenters. The second-order valence-electron chi connectivity index (χ2n) is 8.03. The number of carbonyl (C=O) groups excluding carboxylic acids is 2. The molecule has 0 radical (unpaired) electrons. The van der Waals surface area contributed by atoms with Crippen LogP contribution in [0.25, 0.3) is 27.5 Å². The highest BCUT2D eigenvalue weighted by Crippen LogP contribution is 2.42. The van der Waals surface area contributed by atoms with E-state index < -0.39 is 23.6 Å². The molecule has 5 aromatic rings. The number of para-hydroxylation sites is 3. The molecule has 36 heavy (non-hydrogen) atoms. The van der Waals surface area contributed by atoms with Gasteiger partial charge in [0.25, 0.3) is 11.8 Å². The average Bonchev–Trinajstić information content (AvgIpc) is 3.36. The summed E-state index contributed by atoms with van der Waals surface area (Å²) >= 11 is 0. The number of aromatic nitrogens is 1. The van der Waals surface area contributed by atoms with E-state index in [4.69, 9.17) is 0 Å². The Morgan fingerprint density at radius 2 is 1.31 bits per heavy atom. The summed E-state index contributed by atoms with van der Waals surface area (Å²) in [6.07, 6.45) is -4.61. The maximum absolute atomic E-state index is 14.1. The first-order valence-corrected chi connectivity index (χ1v) is 11.5. The average molecular weight is 486 g/mol. The molecule has 0 N–H and O–H groups in total. The van der Waals surface area contributed by atoms with Crippen molar-refractivity contribution in [1.29, 1.82) is 0 Å². The SMILES string of the molecule is CC.O=C1c2cccc(-n3c4ccccc4c4cccc(C(F)(F)F)c43)c2C(=O)N1c1ccccc1. The van der Waals surface area contributed by atoms with Crippen LogP contribution in [0.2, 0.25) is 0 Å². The lowest BCUT2D eigenvalue weighted by Gasteiger charge is -2.16. The number of carbonyl (C=O) groups is 2. The molecule has 0 saturated heterocycles. The van der Waals surface area contributed by atoms with E-state index in [2.05, 4.69) is 0 Å². The van der Waals surface area contributed by atoms with Crippen LogP contribution in [0.1, 0.15) is 40.1 Å². The number of amides is 2. The molecular formula is C29H21F3N2O2. The number of halogens is 3. The molecule has 0 spiro atoms.